The van der Waals surface area contributed by atoms with Crippen molar-refractivity contribution in [2.24, 2.45) is 0 Å². The Morgan fingerprint density at radius 2 is 1.47 bits per heavy atom. The zero-order chi connectivity index (χ0) is 21.9. The van der Waals surface area contributed by atoms with Crippen molar-refractivity contribution in [3.05, 3.63) is 94.5 Å². The molecule has 3 aromatic carbocycles. The number of aryl methyl sites for hydroxylation is 3. The predicted molar refractivity (Wildman–Crippen MR) is 120 cm³/mol. The van der Waals surface area contributed by atoms with Crippen molar-refractivity contribution >= 4 is 21.6 Å². The Hall–Kier alpha value is -2.96. The van der Waals surface area contributed by atoms with Gasteiger partial charge < -0.3 is 5.32 Å². The second-order valence-corrected chi connectivity index (χ2v) is 9.59. The first kappa shape index (κ1) is 21.7. The molecule has 0 spiro atoms. The molecule has 156 valence electrons. The number of nitrogens with one attached hydrogen (secondary N) is 1. The van der Waals surface area contributed by atoms with Crippen LogP contribution in [-0.2, 0) is 16.6 Å². The molecule has 0 saturated heterocycles. The van der Waals surface area contributed by atoms with E-state index in [2.05, 4.69) is 5.32 Å². The van der Waals surface area contributed by atoms with Gasteiger partial charge in [0.1, 0.15) is 0 Å². The largest absolute Gasteiger partial charge is 0.322 e. The average Bonchev–Trinajstić information content (AvgIpc) is 2.71. The molecule has 0 fully saturated rings. The Bertz CT molecular complexity index is 1150. The van der Waals surface area contributed by atoms with Crippen LogP contribution in [0, 0.1) is 20.8 Å². The van der Waals surface area contributed by atoms with Gasteiger partial charge in [0.25, 0.3) is 5.91 Å². The van der Waals surface area contributed by atoms with Crippen LogP contribution >= 0.6 is 0 Å². The summed E-state index contributed by atoms with van der Waals surface area (Å²) in [6.45, 7) is 6.09. The molecule has 0 saturated carbocycles. The minimum Gasteiger partial charge on any atom is -0.322 e. The number of anilines is 1. The molecule has 0 radical (unpaired) electrons. The lowest BCUT2D eigenvalue weighted by Crippen LogP contribution is -2.26. The first-order chi connectivity index (χ1) is 14.2. The summed E-state index contributed by atoms with van der Waals surface area (Å²) >= 11 is 0. The maximum Gasteiger partial charge on any atom is 0.255 e. The lowest BCUT2D eigenvalue weighted by atomic mass is 10.1. The summed E-state index contributed by atoms with van der Waals surface area (Å²) < 4.78 is 26.8. The zero-order valence-electron chi connectivity index (χ0n) is 17.6. The molecule has 1 amide bonds. The van der Waals surface area contributed by atoms with Crippen LogP contribution in [0.15, 0.2) is 71.6 Å². The van der Waals surface area contributed by atoms with Gasteiger partial charge in [0.15, 0.2) is 0 Å². The summed E-state index contributed by atoms with van der Waals surface area (Å²) in [4.78, 5) is 12.8. The summed E-state index contributed by atoms with van der Waals surface area (Å²) in [5.41, 5.74) is 5.24. The van der Waals surface area contributed by atoms with Crippen LogP contribution in [0.5, 0.6) is 0 Å². The fourth-order valence-electron chi connectivity index (χ4n) is 3.14. The third-order valence-electron chi connectivity index (χ3n) is 4.98. The summed E-state index contributed by atoms with van der Waals surface area (Å²) in [7, 11) is -2.02. The van der Waals surface area contributed by atoms with Gasteiger partial charge in [-0.1, -0.05) is 47.5 Å². The van der Waals surface area contributed by atoms with E-state index < -0.39 is 10.0 Å². The van der Waals surface area contributed by atoms with E-state index in [-0.39, 0.29) is 17.3 Å². The molecule has 1 N–H and O–H groups in total. The topological polar surface area (TPSA) is 66.5 Å². The third kappa shape index (κ3) is 4.96. The zero-order valence-corrected chi connectivity index (χ0v) is 18.5. The lowest BCUT2D eigenvalue weighted by Gasteiger charge is -2.17. The molecule has 3 aromatic rings. The summed E-state index contributed by atoms with van der Waals surface area (Å²) in [5.74, 6) is -0.200. The van der Waals surface area contributed by atoms with E-state index in [1.54, 1.807) is 55.6 Å². The van der Waals surface area contributed by atoms with E-state index in [0.29, 0.717) is 5.56 Å². The first-order valence-electron chi connectivity index (χ1n) is 9.67. The molecule has 0 heterocycles. The monoisotopic (exact) mass is 422 g/mol. The van der Waals surface area contributed by atoms with Gasteiger partial charge in [0.2, 0.25) is 10.0 Å². The highest BCUT2D eigenvalue weighted by Crippen LogP contribution is 2.19. The van der Waals surface area contributed by atoms with E-state index in [9.17, 15) is 13.2 Å². The SMILES string of the molecule is Cc1ccc(S(=O)(=O)N(C)Cc2ccc(C(=O)Nc3ccc(C)cc3C)cc2)cc1. The molecular formula is C24H26N2O3S. The highest BCUT2D eigenvalue weighted by Gasteiger charge is 2.20. The number of sulfonamides is 1. The van der Waals surface area contributed by atoms with Crippen LogP contribution < -0.4 is 5.32 Å². The van der Waals surface area contributed by atoms with Gasteiger partial charge in [0.05, 0.1) is 4.90 Å². The van der Waals surface area contributed by atoms with Crippen molar-refractivity contribution in [1.29, 1.82) is 0 Å². The average molecular weight is 423 g/mol. The molecule has 0 aliphatic carbocycles. The molecule has 30 heavy (non-hydrogen) atoms. The van der Waals surface area contributed by atoms with E-state index in [1.807, 2.05) is 39.0 Å². The van der Waals surface area contributed by atoms with E-state index in [0.717, 1.165) is 27.9 Å². The van der Waals surface area contributed by atoms with E-state index in [4.69, 9.17) is 0 Å². The number of benzene rings is 3. The Kier molecular flexibility index (Phi) is 6.39. The van der Waals surface area contributed by atoms with Crippen LogP contribution in [0.25, 0.3) is 0 Å². The van der Waals surface area contributed by atoms with Gasteiger partial charge in [0, 0.05) is 24.8 Å². The Balaban J connectivity index is 1.69. The summed E-state index contributed by atoms with van der Waals surface area (Å²) in [5, 5.41) is 2.92. The number of carbonyl (C=O) groups excluding carboxylic acids is 1. The Morgan fingerprint density at radius 1 is 0.867 bits per heavy atom. The second-order valence-electron chi connectivity index (χ2n) is 7.54. The summed E-state index contributed by atoms with van der Waals surface area (Å²) in [6.07, 6.45) is 0. The molecule has 6 heteroatoms. The fraction of sp³-hybridized carbons (Fsp3) is 0.208. The fourth-order valence-corrected chi connectivity index (χ4v) is 4.30. The second kappa shape index (κ2) is 8.81. The van der Waals surface area contributed by atoms with Gasteiger partial charge in [-0.3, -0.25) is 4.79 Å². The maximum atomic E-state index is 12.7. The van der Waals surface area contributed by atoms with Crippen molar-refractivity contribution in [3.63, 3.8) is 0 Å². The van der Waals surface area contributed by atoms with E-state index >= 15 is 0 Å². The maximum absolute atomic E-state index is 12.7. The predicted octanol–water partition coefficient (Wildman–Crippen LogP) is 4.68. The molecule has 0 bridgehead atoms. The summed E-state index contributed by atoms with van der Waals surface area (Å²) in [6, 6.07) is 19.6. The number of amides is 1. The highest BCUT2D eigenvalue weighted by molar-refractivity contribution is 7.89. The number of nitrogens with zero attached hydrogens (tertiary/aromatic N) is 1. The Morgan fingerprint density at radius 3 is 2.07 bits per heavy atom. The van der Waals surface area contributed by atoms with Gasteiger partial charge in [-0.2, -0.15) is 4.31 Å². The molecule has 0 aliphatic rings. The number of carbonyl (C=O) groups is 1. The van der Waals surface area contributed by atoms with Gasteiger partial charge in [-0.05, 0) is 62.2 Å². The number of hydrogen-bond acceptors (Lipinski definition) is 3. The van der Waals surface area contributed by atoms with Crippen LogP contribution in [0.4, 0.5) is 5.69 Å². The van der Waals surface area contributed by atoms with E-state index in [1.165, 1.54) is 4.31 Å². The molecule has 5 nitrogen and oxygen atoms in total. The third-order valence-corrected chi connectivity index (χ3v) is 6.80. The minimum absolute atomic E-state index is 0.200. The molecule has 0 aliphatic heterocycles. The Labute approximate surface area is 178 Å². The molecule has 0 unspecified atom stereocenters. The normalized spacial score (nSPS) is 11.5. The molecular weight excluding hydrogens is 396 g/mol. The van der Waals surface area contributed by atoms with Crippen LogP contribution in [-0.4, -0.2) is 25.7 Å². The minimum atomic E-state index is -3.58. The number of hydrogen-bond donors (Lipinski definition) is 1. The van der Waals surface area contributed by atoms with Gasteiger partial charge >= 0.3 is 0 Å². The van der Waals surface area contributed by atoms with Gasteiger partial charge in [-0.15, -0.1) is 0 Å². The first-order valence-corrected chi connectivity index (χ1v) is 11.1. The van der Waals surface area contributed by atoms with Crippen LogP contribution in [0.1, 0.15) is 32.6 Å². The molecule has 0 aromatic heterocycles. The van der Waals surface area contributed by atoms with Crippen molar-refractivity contribution in [2.75, 3.05) is 12.4 Å². The molecule has 0 atom stereocenters. The quantitative estimate of drug-likeness (QED) is 0.627. The molecule has 3 rings (SSSR count). The number of rotatable bonds is 6. The van der Waals surface area contributed by atoms with Crippen molar-refractivity contribution < 1.29 is 13.2 Å². The van der Waals surface area contributed by atoms with Crippen molar-refractivity contribution in [1.82, 2.24) is 4.31 Å². The van der Waals surface area contributed by atoms with Crippen LogP contribution in [0.3, 0.4) is 0 Å². The van der Waals surface area contributed by atoms with Crippen molar-refractivity contribution in [2.45, 2.75) is 32.2 Å². The van der Waals surface area contributed by atoms with Gasteiger partial charge in [-0.25, -0.2) is 8.42 Å². The lowest BCUT2D eigenvalue weighted by molar-refractivity contribution is 0.102. The highest BCUT2D eigenvalue weighted by atomic mass is 32.2. The standard InChI is InChI=1S/C24H26N2O3S/c1-17-5-12-22(13-6-17)30(28,29)26(4)16-20-8-10-21(11-9-20)24(27)25-23-14-7-18(2)15-19(23)3/h5-15H,16H2,1-4H3,(H,25,27). The smallest absolute Gasteiger partial charge is 0.255 e. The van der Waals surface area contributed by atoms with Crippen LogP contribution in [0.2, 0.25) is 0 Å². The van der Waals surface area contributed by atoms with Crippen molar-refractivity contribution in [3.8, 4) is 0 Å².